The van der Waals surface area contributed by atoms with Crippen molar-refractivity contribution in [3.8, 4) is 17.2 Å². The molecule has 1 N–H and O–H groups in total. The summed E-state index contributed by atoms with van der Waals surface area (Å²) in [7, 11) is 0. The molecule has 0 saturated carbocycles. The third kappa shape index (κ3) is 6.00. The van der Waals surface area contributed by atoms with Crippen molar-refractivity contribution in [1.29, 1.82) is 0 Å². The highest BCUT2D eigenvalue weighted by Gasteiger charge is 2.41. The molecule has 5 rings (SSSR count). The number of benzene rings is 3. The minimum Gasteiger partial charge on any atom is -0.449 e. The van der Waals surface area contributed by atoms with Gasteiger partial charge in [0, 0.05) is 5.02 Å². The third-order valence-corrected chi connectivity index (χ3v) is 7.10. The van der Waals surface area contributed by atoms with Crippen LogP contribution in [-0.2, 0) is 12.7 Å². The highest BCUT2D eigenvalue weighted by atomic mass is 35.5. The van der Waals surface area contributed by atoms with E-state index in [9.17, 15) is 22.8 Å². The standard InChI is InChI=1S/C30H25ClF3NO5/c1-18-5-7-19(8-6-18)29(37)39-24-14-13-22-25(36)27(38-21-11-9-20(31)10-12-21)28(30(32,33)34)40-26(22)23(24)17-35-15-3-2-4-16-35/h5-14H,2-4,15-17H2,1H3/p+1. The highest BCUT2D eigenvalue weighted by molar-refractivity contribution is 6.30. The van der Waals surface area contributed by atoms with Crippen molar-refractivity contribution in [2.24, 2.45) is 0 Å². The summed E-state index contributed by atoms with van der Waals surface area (Å²) in [5, 5.41) is 0.241. The van der Waals surface area contributed by atoms with Crippen LogP contribution >= 0.6 is 11.6 Å². The Morgan fingerprint density at radius 2 is 1.65 bits per heavy atom. The second kappa shape index (κ2) is 11.3. The monoisotopic (exact) mass is 572 g/mol. The molecule has 4 aromatic rings. The molecule has 0 aliphatic carbocycles. The predicted molar refractivity (Wildman–Crippen MR) is 143 cm³/mol. The number of esters is 1. The van der Waals surface area contributed by atoms with Gasteiger partial charge in [0.05, 0.1) is 29.6 Å². The number of aryl methyl sites for hydroxylation is 1. The fourth-order valence-corrected chi connectivity index (χ4v) is 4.89. The van der Waals surface area contributed by atoms with E-state index in [1.807, 2.05) is 6.92 Å². The lowest BCUT2D eigenvalue weighted by Gasteiger charge is -2.25. The molecular weight excluding hydrogens is 547 g/mol. The molecule has 1 fully saturated rings. The molecular formula is C30H26ClF3NO5+. The fraction of sp³-hybridized carbons (Fsp3) is 0.267. The van der Waals surface area contributed by atoms with Crippen LogP contribution in [0.3, 0.4) is 0 Å². The van der Waals surface area contributed by atoms with Gasteiger partial charge in [-0.1, -0.05) is 29.3 Å². The summed E-state index contributed by atoms with van der Waals surface area (Å²) in [5.74, 6) is -3.20. The van der Waals surface area contributed by atoms with Crippen LogP contribution in [-0.4, -0.2) is 19.1 Å². The molecule has 10 heteroatoms. The molecule has 0 amide bonds. The number of likely N-dealkylation sites (tertiary alicyclic amines) is 1. The number of hydrogen-bond donors (Lipinski definition) is 1. The zero-order valence-electron chi connectivity index (χ0n) is 21.6. The Balaban J connectivity index is 1.65. The molecule has 0 unspecified atom stereocenters. The van der Waals surface area contributed by atoms with Crippen LogP contribution in [0.5, 0.6) is 17.2 Å². The third-order valence-electron chi connectivity index (χ3n) is 6.85. The summed E-state index contributed by atoms with van der Waals surface area (Å²) in [6, 6.07) is 15.0. The minimum absolute atomic E-state index is 0.0109. The maximum atomic E-state index is 14.3. The van der Waals surface area contributed by atoms with Gasteiger partial charge >= 0.3 is 12.1 Å². The minimum atomic E-state index is -5.04. The Kier molecular flexibility index (Phi) is 7.87. The molecule has 1 saturated heterocycles. The van der Waals surface area contributed by atoms with Crippen molar-refractivity contribution in [3.63, 3.8) is 0 Å². The van der Waals surface area contributed by atoms with E-state index in [1.165, 1.54) is 36.4 Å². The summed E-state index contributed by atoms with van der Waals surface area (Å²) in [4.78, 5) is 27.5. The van der Waals surface area contributed by atoms with Gasteiger partial charge in [-0.2, -0.15) is 13.2 Å². The normalized spacial score (nSPS) is 14.3. The Morgan fingerprint density at radius 3 is 2.30 bits per heavy atom. The lowest BCUT2D eigenvalue weighted by Crippen LogP contribution is -3.11. The van der Waals surface area contributed by atoms with Crippen molar-refractivity contribution in [2.45, 2.75) is 38.9 Å². The van der Waals surface area contributed by atoms with Gasteiger partial charge in [0.15, 0.2) is 5.58 Å². The number of quaternary nitrogens is 1. The number of rotatable bonds is 6. The fourth-order valence-electron chi connectivity index (χ4n) is 4.77. The average Bonchev–Trinajstić information content (AvgIpc) is 2.92. The van der Waals surface area contributed by atoms with Gasteiger partial charge in [0.1, 0.15) is 18.0 Å². The second-order valence-corrected chi connectivity index (χ2v) is 10.2. The number of carbonyl (C=O) groups excluding carboxylic acids is 1. The molecule has 3 aromatic carbocycles. The number of ether oxygens (including phenoxy) is 2. The van der Waals surface area contributed by atoms with Gasteiger partial charge < -0.3 is 18.8 Å². The molecule has 0 bridgehead atoms. The van der Waals surface area contributed by atoms with Crippen molar-refractivity contribution in [1.82, 2.24) is 0 Å². The first kappa shape index (κ1) is 27.7. The van der Waals surface area contributed by atoms with Gasteiger partial charge in [-0.05, 0) is 74.7 Å². The number of fused-ring (bicyclic) bond motifs is 1. The molecule has 0 radical (unpaired) electrons. The molecule has 2 heterocycles. The maximum Gasteiger partial charge on any atom is 0.453 e. The van der Waals surface area contributed by atoms with Crippen LogP contribution in [0.1, 0.15) is 46.5 Å². The van der Waals surface area contributed by atoms with Crippen LogP contribution < -0.4 is 19.8 Å². The average molecular weight is 573 g/mol. The first-order valence-corrected chi connectivity index (χ1v) is 13.2. The maximum absolute atomic E-state index is 14.3. The largest absolute Gasteiger partial charge is 0.453 e. The number of carbonyl (C=O) groups is 1. The van der Waals surface area contributed by atoms with Crippen molar-refractivity contribution in [3.05, 3.63) is 98.4 Å². The number of piperidine rings is 1. The van der Waals surface area contributed by atoms with Crippen LogP contribution in [0.4, 0.5) is 13.2 Å². The zero-order chi connectivity index (χ0) is 28.4. The molecule has 208 valence electrons. The first-order chi connectivity index (χ1) is 19.1. The van der Waals surface area contributed by atoms with E-state index >= 15 is 0 Å². The Morgan fingerprint density at radius 1 is 0.975 bits per heavy atom. The Hall–Kier alpha value is -3.82. The van der Waals surface area contributed by atoms with E-state index in [4.69, 9.17) is 25.5 Å². The quantitative estimate of drug-likeness (QED) is 0.215. The predicted octanol–water partition coefficient (Wildman–Crippen LogP) is 6.35. The van der Waals surface area contributed by atoms with Crippen LogP contribution in [0.25, 0.3) is 11.0 Å². The Labute approximate surface area is 232 Å². The van der Waals surface area contributed by atoms with Gasteiger partial charge in [-0.3, -0.25) is 4.79 Å². The van der Waals surface area contributed by atoms with Crippen LogP contribution in [0.2, 0.25) is 5.02 Å². The first-order valence-electron chi connectivity index (χ1n) is 12.9. The van der Waals surface area contributed by atoms with E-state index in [2.05, 4.69) is 0 Å². The molecule has 40 heavy (non-hydrogen) atoms. The lowest BCUT2D eigenvalue weighted by atomic mass is 10.1. The zero-order valence-corrected chi connectivity index (χ0v) is 22.3. The topological polar surface area (TPSA) is 70.2 Å². The summed E-state index contributed by atoms with van der Waals surface area (Å²) in [5.41, 5.74) is 0.180. The molecule has 0 atom stereocenters. The van der Waals surface area contributed by atoms with Crippen molar-refractivity contribution >= 4 is 28.5 Å². The number of nitrogens with one attached hydrogen (secondary N) is 1. The number of hydrogen-bond acceptors (Lipinski definition) is 5. The van der Waals surface area contributed by atoms with Crippen molar-refractivity contribution in [2.75, 3.05) is 13.1 Å². The van der Waals surface area contributed by atoms with Crippen LogP contribution in [0, 0.1) is 6.92 Å². The number of alkyl halides is 3. The van der Waals surface area contributed by atoms with E-state index in [1.54, 1.807) is 24.3 Å². The molecule has 6 nitrogen and oxygen atoms in total. The van der Waals surface area contributed by atoms with E-state index in [0.717, 1.165) is 42.8 Å². The van der Waals surface area contributed by atoms with E-state index in [-0.39, 0.29) is 40.1 Å². The summed E-state index contributed by atoms with van der Waals surface area (Å²) in [6.07, 6.45) is -2.07. The van der Waals surface area contributed by atoms with Gasteiger partial charge in [0.25, 0.3) is 5.76 Å². The molecule has 0 spiro atoms. The van der Waals surface area contributed by atoms with E-state index < -0.39 is 29.1 Å². The molecule has 1 aliphatic heterocycles. The molecule has 1 aliphatic rings. The van der Waals surface area contributed by atoms with Gasteiger partial charge in [-0.15, -0.1) is 0 Å². The van der Waals surface area contributed by atoms with E-state index in [0.29, 0.717) is 5.02 Å². The van der Waals surface area contributed by atoms with Crippen LogP contribution in [0.15, 0.2) is 69.9 Å². The molecule has 1 aromatic heterocycles. The summed E-state index contributed by atoms with van der Waals surface area (Å²) < 4.78 is 59.3. The van der Waals surface area contributed by atoms with Gasteiger partial charge in [0.2, 0.25) is 11.2 Å². The highest BCUT2D eigenvalue weighted by Crippen LogP contribution is 2.40. The summed E-state index contributed by atoms with van der Waals surface area (Å²) >= 11 is 5.87. The second-order valence-electron chi connectivity index (χ2n) is 9.81. The smallest absolute Gasteiger partial charge is 0.449 e. The number of halogens is 4. The Bertz CT molecular complexity index is 1590. The SMILES string of the molecule is Cc1ccc(C(=O)Oc2ccc3c(=O)c(Oc4ccc(Cl)cc4)c(C(F)(F)F)oc3c2C[NH+]2CCCCC2)cc1. The summed E-state index contributed by atoms with van der Waals surface area (Å²) in [6.45, 7) is 3.67. The lowest BCUT2D eigenvalue weighted by molar-refractivity contribution is -0.918. The van der Waals surface area contributed by atoms with Gasteiger partial charge in [-0.25, -0.2) is 4.79 Å². The van der Waals surface area contributed by atoms with Crippen molar-refractivity contribution < 1.29 is 36.8 Å².